The summed E-state index contributed by atoms with van der Waals surface area (Å²) in [4.78, 5) is 36.9. The molecular formula is C24H19Cl2NO5S. The van der Waals surface area contributed by atoms with E-state index in [1.165, 1.54) is 23.5 Å². The zero-order chi connectivity index (χ0) is 23.8. The Kier molecular flexibility index (Phi) is 8.65. The van der Waals surface area contributed by atoms with E-state index >= 15 is 0 Å². The summed E-state index contributed by atoms with van der Waals surface area (Å²) in [6.45, 7) is 1.38. The molecule has 3 rings (SSSR count). The van der Waals surface area contributed by atoms with Gasteiger partial charge in [-0.05, 0) is 36.3 Å². The molecule has 3 aromatic rings. The number of benzene rings is 2. The van der Waals surface area contributed by atoms with Gasteiger partial charge in [0, 0.05) is 17.0 Å². The Hall–Kier alpha value is -3.13. The molecule has 0 saturated heterocycles. The van der Waals surface area contributed by atoms with Gasteiger partial charge in [0.2, 0.25) is 0 Å². The van der Waals surface area contributed by atoms with Crippen LogP contribution in [0.4, 0.5) is 5.00 Å². The summed E-state index contributed by atoms with van der Waals surface area (Å²) in [6.07, 6.45) is 2.67. The normalized spacial score (nSPS) is 10.8. The highest BCUT2D eigenvalue weighted by atomic mass is 35.5. The molecule has 0 spiro atoms. The number of thiophene rings is 1. The van der Waals surface area contributed by atoms with Crippen molar-refractivity contribution < 1.29 is 23.9 Å². The Bertz CT molecular complexity index is 1190. The second kappa shape index (κ2) is 11.7. The molecule has 0 unspecified atom stereocenters. The van der Waals surface area contributed by atoms with E-state index in [2.05, 4.69) is 5.32 Å². The smallest absolute Gasteiger partial charge is 0.341 e. The molecule has 170 valence electrons. The van der Waals surface area contributed by atoms with Crippen molar-refractivity contribution in [1.82, 2.24) is 0 Å². The van der Waals surface area contributed by atoms with Crippen LogP contribution < -0.4 is 5.32 Å². The van der Waals surface area contributed by atoms with E-state index in [1.807, 2.05) is 30.3 Å². The maximum absolute atomic E-state index is 12.6. The van der Waals surface area contributed by atoms with Crippen molar-refractivity contribution in [3.8, 4) is 11.1 Å². The van der Waals surface area contributed by atoms with E-state index in [-0.39, 0.29) is 12.2 Å². The van der Waals surface area contributed by atoms with Crippen LogP contribution in [0.15, 0.2) is 60.0 Å². The third-order valence-corrected chi connectivity index (χ3v) is 5.94. The highest BCUT2D eigenvalue weighted by Crippen LogP contribution is 2.36. The monoisotopic (exact) mass is 503 g/mol. The van der Waals surface area contributed by atoms with Gasteiger partial charge in [0.15, 0.2) is 6.61 Å². The lowest BCUT2D eigenvalue weighted by Crippen LogP contribution is -2.21. The zero-order valence-electron chi connectivity index (χ0n) is 17.5. The Morgan fingerprint density at radius 1 is 1.03 bits per heavy atom. The second-order valence-corrected chi connectivity index (χ2v) is 8.30. The Balaban J connectivity index is 1.65. The van der Waals surface area contributed by atoms with E-state index in [1.54, 1.807) is 30.5 Å². The van der Waals surface area contributed by atoms with Gasteiger partial charge in [0.25, 0.3) is 5.91 Å². The number of rotatable bonds is 8. The fourth-order valence-electron chi connectivity index (χ4n) is 2.81. The van der Waals surface area contributed by atoms with Crippen molar-refractivity contribution in [2.75, 3.05) is 18.5 Å². The van der Waals surface area contributed by atoms with Gasteiger partial charge in [0.1, 0.15) is 10.6 Å². The minimum absolute atomic E-state index is 0.194. The minimum atomic E-state index is -0.710. The number of hydrogen-bond acceptors (Lipinski definition) is 6. The van der Waals surface area contributed by atoms with Crippen LogP contribution in [0.1, 0.15) is 22.8 Å². The van der Waals surface area contributed by atoms with Crippen molar-refractivity contribution in [1.29, 1.82) is 0 Å². The number of hydrogen-bond donors (Lipinski definition) is 1. The fourth-order valence-corrected chi connectivity index (χ4v) is 4.09. The van der Waals surface area contributed by atoms with Gasteiger partial charge in [-0.25, -0.2) is 9.59 Å². The van der Waals surface area contributed by atoms with Gasteiger partial charge in [-0.2, -0.15) is 0 Å². The molecule has 33 heavy (non-hydrogen) atoms. The van der Waals surface area contributed by atoms with E-state index in [4.69, 9.17) is 32.7 Å². The Labute approximate surface area is 204 Å². The lowest BCUT2D eigenvalue weighted by atomic mass is 10.0. The molecule has 0 fully saturated rings. The van der Waals surface area contributed by atoms with Gasteiger partial charge in [0.05, 0.1) is 16.7 Å². The predicted octanol–water partition coefficient (Wildman–Crippen LogP) is 6.09. The van der Waals surface area contributed by atoms with Crippen molar-refractivity contribution in [2.24, 2.45) is 0 Å². The first-order valence-corrected chi connectivity index (χ1v) is 11.5. The molecule has 1 N–H and O–H groups in total. The van der Waals surface area contributed by atoms with Crippen LogP contribution in [0.25, 0.3) is 17.2 Å². The number of nitrogens with one attached hydrogen (secondary N) is 1. The average Bonchev–Trinajstić information content (AvgIpc) is 3.22. The third-order valence-electron chi connectivity index (χ3n) is 4.31. The number of amides is 1. The van der Waals surface area contributed by atoms with E-state index in [0.29, 0.717) is 26.2 Å². The molecule has 0 aliphatic carbocycles. The van der Waals surface area contributed by atoms with Gasteiger partial charge >= 0.3 is 11.9 Å². The summed E-state index contributed by atoms with van der Waals surface area (Å²) in [6, 6.07) is 14.2. The standard InChI is InChI=1S/C24H19Cl2NO5S/c1-2-31-24(30)22-17(16-6-4-3-5-7-16)14-33-23(22)27-20(28)13-32-21(29)11-9-15-8-10-18(25)19(26)12-15/h3-12,14H,2,13H2,1H3,(H,27,28)/b11-9+. The van der Waals surface area contributed by atoms with Crippen LogP contribution in [-0.4, -0.2) is 31.1 Å². The van der Waals surface area contributed by atoms with Crippen LogP contribution in [0, 0.1) is 0 Å². The lowest BCUT2D eigenvalue weighted by Gasteiger charge is -2.09. The number of ether oxygens (including phenoxy) is 2. The van der Waals surface area contributed by atoms with Crippen molar-refractivity contribution >= 4 is 63.5 Å². The minimum Gasteiger partial charge on any atom is -0.462 e. The van der Waals surface area contributed by atoms with Gasteiger partial charge in [-0.15, -0.1) is 11.3 Å². The van der Waals surface area contributed by atoms with Crippen molar-refractivity contribution in [2.45, 2.75) is 6.92 Å². The van der Waals surface area contributed by atoms with Gasteiger partial charge in [-0.3, -0.25) is 4.79 Å². The number of carbonyl (C=O) groups excluding carboxylic acids is 3. The first-order chi connectivity index (χ1) is 15.9. The second-order valence-electron chi connectivity index (χ2n) is 6.60. The quantitative estimate of drug-likeness (QED) is 0.297. The maximum atomic E-state index is 12.6. The molecule has 1 heterocycles. The first-order valence-electron chi connectivity index (χ1n) is 9.82. The summed E-state index contributed by atoms with van der Waals surface area (Å²) in [7, 11) is 0. The average molecular weight is 504 g/mol. The molecule has 0 radical (unpaired) electrons. The van der Waals surface area contributed by atoms with Crippen LogP contribution in [0.2, 0.25) is 10.0 Å². The third kappa shape index (κ3) is 6.68. The Morgan fingerprint density at radius 3 is 2.48 bits per heavy atom. The lowest BCUT2D eigenvalue weighted by molar-refractivity contribution is -0.142. The highest BCUT2D eigenvalue weighted by Gasteiger charge is 2.23. The summed E-state index contributed by atoms with van der Waals surface area (Å²) in [5.74, 6) is -1.84. The molecule has 0 saturated carbocycles. The van der Waals surface area contributed by atoms with Crippen LogP contribution >= 0.6 is 34.5 Å². The molecule has 0 aliphatic rings. The zero-order valence-corrected chi connectivity index (χ0v) is 19.8. The largest absolute Gasteiger partial charge is 0.462 e. The first kappa shape index (κ1) is 24.5. The van der Waals surface area contributed by atoms with Crippen LogP contribution in [0.3, 0.4) is 0 Å². The number of esters is 2. The summed E-state index contributed by atoms with van der Waals surface area (Å²) in [5, 5.41) is 5.47. The summed E-state index contributed by atoms with van der Waals surface area (Å²) >= 11 is 13.0. The van der Waals surface area contributed by atoms with E-state index < -0.39 is 24.5 Å². The molecule has 0 bridgehead atoms. The summed E-state index contributed by atoms with van der Waals surface area (Å²) in [5.41, 5.74) is 2.37. The topological polar surface area (TPSA) is 81.7 Å². The predicted molar refractivity (Wildman–Crippen MR) is 131 cm³/mol. The number of anilines is 1. The molecule has 1 aromatic heterocycles. The Morgan fingerprint density at radius 2 is 1.79 bits per heavy atom. The molecule has 0 atom stereocenters. The van der Waals surface area contributed by atoms with Gasteiger partial charge in [-0.1, -0.05) is 59.6 Å². The van der Waals surface area contributed by atoms with E-state index in [0.717, 1.165) is 5.56 Å². The SMILES string of the molecule is CCOC(=O)c1c(-c2ccccc2)csc1NC(=O)COC(=O)/C=C/c1ccc(Cl)c(Cl)c1. The fraction of sp³-hybridized carbons (Fsp3) is 0.125. The van der Waals surface area contributed by atoms with Crippen LogP contribution in [-0.2, 0) is 19.1 Å². The van der Waals surface area contributed by atoms with Gasteiger partial charge < -0.3 is 14.8 Å². The maximum Gasteiger partial charge on any atom is 0.341 e. The molecule has 9 heteroatoms. The molecule has 0 aliphatic heterocycles. The van der Waals surface area contributed by atoms with Crippen molar-refractivity contribution in [3.05, 3.63) is 81.2 Å². The molecule has 2 aromatic carbocycles. The number of carbonyl (C=O) groups is 3. The molecular weight excluding hydrogens is 485 g/mol. The van der Waals surface area contributed by atoms with Crippen LogP contribution in [0.5, 0.6) is 0 Å². The van der Waals surface area contributed by atoms with E-state index in [9.17, 15) is 14.4 Å². The number of halogens is 2. The molecule has 1 amide bonds. The van der Waals surface area contributed by atoms with Crippen molar-refractivity contribution in [3.63, 3.8) is 0 Å². The summed E-state index contributed by atoms with van der Waals surface area (Å²) < 4.78 is 10.1. The molecule has 6 nitrogen and oxygen atoms in total. The highest BCUT2D eigenvalue weighted by molar-refractivity contribution is 7.15.